The highest BCUT2D eigenvalue weighted by Gasteiger charge is 2.57. The summed E-state index contributed by atoms with van der Waals surface area (Å²) in [4.78, 5) is 34.7. The lowest BCUT2D eigenvalue weighted by molar-refractivity contribution is -0.145. The van der Waals surface area contributed by atoms with E-state index >= 15 is 0 Å². The monoisotopic (exact) mass is 416 g/mol. The molecule has 0 aliphatic heterocycles. The van der Waals surface area contributed by atoms with Gasteiger partial charge in [0.25, 0.3) is 0 Å². The summed E-state index contributed by atoms with van der Waals surface area (Å²) >= 11 is 3.71. The van der Waals surface area contributed by atoms with Crippen molar-refractivity contribution in [1.29, 1.82) is 0 Å². The third-order valence-corrected chi connectivity index (χ3v) is 8.66. The maximum Gasteiger partial charge on any atom is 0.306 e. The van der Waals surface area contributed by atoms with Gasteiger partial charge in [0.15, 0.2) is 10.9 Å². The molecule has 0 aromatic rings. The molecule has 0 aromatic heterocycles. The van der Waals surface area contributed by atoms with E-state index in [1.165, 1.54) is 24.8 Å². The van der Waals surface area contributed by atoms with Crippen molar-refractivity contribution < 1.29 is 19.1 Å². The van der Waals surface area contributed by atoms with Crippen molar-refractivity contribution in [2.24, 2.45) is 34.5 Å². The molecule has 0 aromatic carbocycles. The first-order valence-corrected chi connectivity index (χ1v) is 11.5. The normalized spacial score (nSPS) is 40.5. The van der Waals surface area contributed by atoms with E-state index < -0.39 is 0 Å². The third-order valence-electron chi connectivity index (χ3n) is 8.44. The van der Waals surface area contributed by atoms with E-state index in [-0.39, 0.29) is 35.1 Å². The van der Waals surface area contributed by atoms with E-state index in [1.54, 1.807) is 6.08 Å². The number of hydrogen-bond donors (Lipinski definition) is 1. The van der Waals surface area contributed by atoms with Crippen LogP contribution in [0, 0.1) is 34.5 Å². The Morgan fingerprint density at radius 1 is 1.21 bits per heavy atom. The van der Waals surface area contributed by atoms with Crippen molar-refractivity contribution in [3.05, 3.63) is 23.8 Å². The van der Waals surface area contributed by atoms with Crippen LogP contribution in [0.1, 0.15) is 65.2 Å². The number of ether oxygens (including phenoxy) is 1. The Bertz CT molecular complexity index is 784. The molecule has 5 heteroatoms. The lowest BCUT2D eigenvalue weighted by atomic mass is 9.48. The van der Waals surface area contributed by atoms with E-state index in [9.17, 15) is 14.4 Å². The maximum atomic E-state index is 11.9. The largest absolute Gasteiger partial charge is 0.465 e. The third kappa shape index (κ3) is 3.87. The molecule has 3 fully saturated rings. The first-order valence-electron chi connectivity index (χ1n) is 11.0. The Labute approximate surface area is 178 Å². The van der Waals surface area contributed by atoms with Crippen molar-refractivity contribution in [2.45, 2.75) is 65.2 Å². The quantitative estimate of drug-likeness (QED) is 0.522. The fraction of sp³-hybridized carbons (Fsp3) is 0.708. The SMILES string of the molecule is C[C@]12CC[C@H]3[C@@H](CCC4=CC(=O)C=C[C@@]43C)[C@@H]1C[C@@H](COC(=O)CCC(=O)S)C2. The first kappa shape index (κ1) is 20.9. The van der Waals surface area contributed by atoms with Gasteiger partial charge in [-0.1, -0.05) is 25.5 Å². The number of hydrogen-bond acceptors (Lipinski definition) is 4. The number of thiol groups is 1. The van der Waals surface area contributed by atoms with Crippen LogP contribution in [0.2, 0.25) is 0 Å². The molecular formula is C24H32O4S. The average molecular weight is 417 g/mol. The van der Waals surface area contributed by atoms with Gasteiger partial charge in [-0.3, -0.25) is 14.4 Å². The number of ketones is 1. The number of carbonyl (C=O) groups excluding carboxylic acids is 3. The van der Waals surface area contributed by atoms with Gasteiger partial charge in [-0.15, -0.1) is 12.6 Å². The molecule has 0 saturated heterocycles. The Kier molecular flexibility index (Phi) is 5.56. The van der Waals surface area contributed by atoms with E-state index in [0.717, 1.165) is 19.3 Å². The zero-order valence-corrected chi connectivity index (χ0v) is 18.4. The molecule has 4 aliphatic carbocycles. The Hall–Kier alpha value is -1.36. The second-order valence-electron chi connectivity index (χ2n) is 10.2. The molecule has 6 atom stereocenters. The molecule has 0 spiro atoms. The van der Waals surface area contributed by atoms with Gasteiger partial charge in [0.1, 0.15) is 0 Å². The van der Waals surface area contributed by atoms with Crippen LogP contribution in [0.3, 0.4) is 0 Å². The van der Waals surface area contributed by atoms with Gasteiger partial charge >= 0.3 is 5.97 Å². The molecule has 3 saturated carbocycles. The lowest BCUT2D eigenvalue weighted by Crippen LogP contribution is -2.48. The van der Waals surface area contributed by atoms with Crippen molar-refractivity contribution in [3.63, 3.8) is 0 Å². The average Bonchev–Trinajstić information content (AvgIpc) is 3.02. The Balaban J connectivity index is 1.42. The summed E-state index contributed by atoms with van der Waals surface area (Å²) in [6.45, 7) is 5.24. The first-order chi connectivity index (χ1) is 13.7. The highest BCUT2D eigenvalue weighted by Crippen LogP contribution is 2.65. The minimum absolute atomic E-state index is 0.0299. The second-order valence-corrected chi connectivity index (χ2v) is 10.7. The van der Waals surface area contributed by atoms with Crippen LogP contribution in [0.4, 0.5) is 0 Å². The smallest absolute Gasteiger partial charge is 0.306 e. The van der Waals surface area contributed by atoms with Crippen molar-refractivity contribution >= 4 is 29.5 Å². The maximum absolute atomic E-state index is 11.9. The Morgan fingerprint density at radius 2 is 2.00 bits per heavy atom. The van der Waals surface area contributed by atoms with Gasteiger partial charge in [-0.05, 0) is 79.8 Å². The predicted octanol–water partition coefficient (Wildman–Crippen LogP) is 4.69. The van der Waals surface area contributed by atoms with Gasteiger partial charge in [-0.2, -0.15) is 0 Å². The molecule has 0 N–H and O–H groups in total. The molecule has 29 heavy (non-hydrogen) atoms. The Morgan fingerprint density at radius 3 is 2.76 bits per heavy atom. The van der Waals surface area contributed by atoms with E-state index in [0.29, 0.717) is 35.7 Å². The van der Waals surface area contributed by atoms with Gasteiger partial charge < -0.3 is 4.74 Å². The predicted molar refractivity (Wildman–Crippen MR) is 114 cm³/mol. The van der Waals surface area contributed by atoms with Crippen LogP contribution >= 0.6 is 12.6 Å². The molecule has 0 amide bonds. The standard InChI is InChI=1S/C24H32O4S/c1-23-9-8-19-18(4-3-16-12-17(25)7-10-24(16,19)2)20(23)11-15(13-23)14-28-21(26)5-6-22(27)29/h7,10,12,15,18-20H,3-6,8-9,11,13-14H2,1-2H3,(H,27,29)/t15-,18-,19+,20+,23-,24+/m1/s1. The molecule has 0 heterocycles. The van der Waals surface area contributed by atoms with Crippen molar-refractivity contribution in [3.8, 4) is 0 Å². The molecule has 0 radical (unpaired) electrons. The van der Waals surface area contributed by atoms with Gasteiger partial charge in [0.2, 0.25) is 0 Å². The number of esters is 1. The zero-order chi connectivity index (χ0) is 20.8. The van der Waals surface area contributed by atoms with Gasteiger partial charge in [0, 0.05) is 11.8 Å². The van der Waals surface area contributed by atoms with Crippen LogP contribution in [0.25, 0.3) is 0 Å². The van der Waals surface area contributed by atoms with E-state index in [4.69, 9.17) is 4.74 Å². The summed E-state index contributed by atoms with van der Waals surface area (Å²) in [5.41, 5.74) is 1.68. The van der Waals surface area contributed by atoms with Crippen LogP contribution in [0.5, 0.6) is 0 Å². The zero-order valence-electron chi connectivity index (χ0n) is 17.5. The van der Waals surface area contributed by atoms with E-state index in [1.807, 2.05) is 6.08 Å². The molecule has 158 valence electrons. The summed E-state index contributed by atoms with van der Waals surface area (Å²) < 4.78 is 5.50. The minimum atomic E-state index is -0.290. The van der Waals surface area contributed by atoms with Crippen molar-refractivity contribution in [1.82, 2.24) is 0 Å². The molecular weight excluding hydrogens is 384 g/mol. The number of fused-ring (bicyclic) bond motifs is 5. The van der Waals surface area contributed by atoms with Crippen molar-refractivity contribution in [2.75, 3.05) is 6.61 Å². The van der Waals surface area contributed by atoms with Gasteiger partial charge in [0.05, 0.1) is 13.0 Å². The number of carbonyl (C=O) groups is 3. The molecule has 0 unspecified atom stereocenters. The number of allylic oxidation sites excluding steroid dienone is 4. The summed E-state index contributed by atoms with van der Waals surface area (Å²) in [7, 11) is 0. The summed E-state index contributed by atoms with van der Waals surface area (Å²) in [5, 5.41) is -0.273. The summed E-state index contributed by atoms with van der Waals surface area (Å²) in [6, 6.07) is 0. The fourth-order valence-corrected chi connectivity index (χ4v) is 7.14. The summed E-state index contributed by atoms with van der Waals surface area (Å²) in [6.07, 6.45) is 13.0. The van der Waals surface area contributed by atoms with E-state index in [2.05, 4.69) is 32.6 Å². The fourth-order valence-electron chi connectivity index (χ4n) is 7.03. The topological polar surface area (TPSA) is 60.4 Å². The summed E-state index contributed by atoms with van der Waals surface area (Å²) in [5.74, 6) is 2.20. The molecule has 0 bridgehead atoms. The van der Waals surface area contributed by atoms with Crippen LogP contribution < -0.4 is 0 Å². The van der Waals surface area contributed by atoms with Crippen LogP contribution in [-0.2, 0) is 19.1 Å². The van der Waals surface area contributed by atoms with Crippen LogP contribution in [0.15, 0.2) is 23.8 Å². The highest BCUT2D eigenvalue weighted by atomic mass is 32.1. The molecule has 4 aliphatic rings. The molecule has 4 nitrogen and oxygen atoms in total. The highest BCUT2D eigenvalue weighted by molar-refractivity contribution is 7.96. The minimum Gasteiger partial charge on any atom is -0.465 e. The second kappa shape index (κ2) is 7.72. The lowest BCUT2D eigenvalue weighted by Gasteiger charge is -2.56. The number of rotatable bonds is 5. The molecule has 4 rings (SSSR count). The van der Waals surface area contributed by atoms with Gasteiger partial charge in [-0.25, -0.2) is 0 Å². The van der Waals surface area contributed by atoms with Crippen LogP contribution in [-0.4, -0.2) is 23.5 Å².